The summed E-state index contributed by atoms with van der Waals surface area (Å²) < 4.78 is 10.7. The molecule has 0 rings (SSSR count). The number of rotatable bonds is 55. The fraction of sp³-hybridized carbons (Fsp3) is 0.900. The van der Waals surface area contributed by atoms with Crippen LogP contribution < -0.4 is 0 Å². The van der Waals surface area contributed by atoms with Gasteiger partial charge in [0.2, 0.25) is 0 Å². The predicted molar refractivity (Wildman–Crippen MR) is 284 cm³/mol. The lowest BCUT2D eigenvalue weighted by Crippen LogP contribution is -2.28. The van der Waals surface area contributed by atoms with Crippen molar-refractivity contribution in [2.45, 2.75) is 335 Å². The van der Waals surface area contributed by atoms with Gasteiger partial charge in [-0.2, -0.15) is 0 Å². The van der Waals surface area contributed by atoms with Gasteiger partial charge in [-0.05, 0) is 44.9 Å². The van der Waals surface area contributed by atoms with Crippen LogP contribution in [0.4, 0.5) is 0 Å². The third kappa shape index (κ3) is 54.9. The van der Waals surface area contributed by atoms with E-state index < -0.39 is 6.10 Å². The van der Waals surface area contributed by atoms with E-state index in [4.69, 9.17) is 9.47 Å². The summed E-state index contributed by atoms with van der Waals surface area (Å²) in [5, 5.41) is 9.62. The van der Waals surface area contributed by atoms with Gasteiger partial charge >= 0.3 is 11.9 Å². The number of aliphatic hydroxyl groups is 1. The molecule has 0 saturated heterocycles. The lowest BCUT2D eigenvalue weighted by atomic mass is 10.0. The van der Waals surface area contributed by atoms with Crippen molar-refractivity contribution in [2.24, 2.45) is 0 Å². The highest BCUT2D eigenvalue weighted by Gasteiger charge is 2.16. The van der Waals surface area contributed by atoms with Crippen LogP contribution in [0.1, 0.15) is 328 Å². The van der Waals surface area contributed by atoms with Crippen molar-refractivity contribution in [2.75, 3.05) is 13.2 Å². The third-order valence-electron chi connectivity index (χ3n) is 13.5. The first-order valence-corrected chi connectivity index (χ1v) is 29.4. The molecule has 0 aromatic rings. The minimum Gasteiger partial charge on any atom is -0.462 e. The van der Waals surface area contributed by atoms with Crippen LogP contribution in [0, 0.1) is 0 Å². The van der Waals surface area contributed by atoms with Gasteiger partial charge in [-0.3, -0.25) is 9.59 Å². The summed E-state index contributed by atoms with van der Waals surface area (Å²) in [5.74, 6) is -0.591. The lowest BCUT2D eigenvalue weighted by Gasteiger charge is -2.15. The maximum Gasteiger partial charge on any atom is 0.306 e. The molecular weight excluding hydrogens is 801 g/mol. The molecule has 1 unspecified atom stereocenters. The molecule has 0 saturated carbocycles. The van der Waals surface area contributed by atoms with Gasteiger partial charge in [-0.15, -0.1) is 0 Å². The summed E-state index contributed by atoms with van der Waals surface area (Å²) in [5.41, 5.74) is 0. The van der Waals surface area contributed by atoms with Gasteiger partial charge in [0, 0.05) is 12.8 Å². The van der Waals surface area contributed by atoms with Gasteiger partial charge in [-0.25, -0.2) is 0 Å². The summed E-state index contributed by atoms with van der Waals surface area (Å²) in [6.45, 7) is 4.14. The van der Waals surface area contributed by atoms with Crippen LogP contribution in [-0.2, 0) is 19.1 Å². The van der Waals surface area contributed by atoms with E-state index in [1.54, 1.807) is 0 Å². The average Bonchev–Trinajstić information content (AvgIpc) is 3.31. The molecule has 0 amide bonds. The van der Waals surface area contributed by atoms with Crippen molar-refractivity contribution in [1.82, 2.24) is 0 Å². The Balaban J connectivity index is 3.36. The molecular formula is C60H114O5. The second-order valence-electron chi connectivity index (χ2n) is 20.1. The van der Waals surface area contributed by atoms with Crippen LogP contribution in [0.5, 0.6) is 0 Å². The van der Waals surface area contributed by atoms with Crippen molar-refractivity contribution in [3.8, 4) is 0 Å². The van der Waals surface area contributed by atoms with E-state index in [1.165, 1.54) is 250 Å². The van der Waals surface area contributed by atoms with Crippen LogP contribution >= 0.6 is 0 Å². The SMILES string of the molecule is CCCCC/C=C\C/C=C\CCCCCCCC(=O)OC(CO)COC(=O)CCCCCCCCCCCCCCCCCCCCCCCCCCCCCCCCCCCCCC. The summed E-state index contributed by atoms with van der Waals surface area (Å²) in [6, 6.07) is 0. The third-order valence-corrected chi connectivity index (χ3v) is 13.5. The second kappa shape index (κ2) is 56.7. The number of esters is 2. The van der Waals surface area contributed by atoms with E-state index in [0.717, 1.165) is 51.4 Å². The molecule has 5 nitrogen and oxygen atoms in total. The number of aliphatic hydroxyl groups excluding tert-OH is 1. The molecule has 65 heavy (non-hydrogen) atoms. The van der Waals surface area contributed by atoms with E-state index in [9.17, 15) is 14.7 Å². The molecule has 0 fully saturated rings. The first kappa shape index (κ1) is 63.4. The van der Waals surface area contributed by atoms with E-state index in [0.29, 0.717) is 12.8 Å². The van der Waals surface area contributed by atoms with Gasteiger partial charge < -0.3 is 14.6 Å². The Kier molecular flexibility index (Phi) is 55.3. The quantitative estimate of drug-likeness (QED) is 0.0374. The van der Waals surface area contributed by atoms with E-state index in [1.807, 2.05) is 0 Å². The van der Waals surface area contributed by atoms with Crippen molar-refractivity contribution in [1.29, 1.82) is 0 Å². The van der Waals surface area contributed by atoms with E-state index >= 15 is 0 Å². The van der Waals surface area contributed by atoms with Gasteiger partial charge in [0.05, 0.1) is 6.61 Å². The molecule has 1 atom stereocenters. The Labute approximate surface area is 406 Å². The standard InChI is InChI=1S/C60H114O5/c1-3-5-7-9-11-13-15-17-19-20-21-22-23-24-25-26-27-28-29-30-31-32-33-34-35-36-37-38-39-41-42-44-46-48-50-52-54-59(62)64-57-58(56-61)65-60(63)55-53-51-49-47-45-43-40-18-16-14-12-10-8-6-4-2/h12,14,18,40,58,61H,3-11,13,15-17,19-39,41-57H2,1-2H3/b14-12-,40-18-. The summed E-state index contributed by atoms with van der Waals surface area (Å²) in [6.07, 6.45) is 71.9. The maximum atomic E-state index is 12.2. The first-order chi connectivity index (χ1) is 32.1. The Morgan fingerprint density at radius 2 is 0.615 bits per heavy atom. The fourth-order valence-electron chi connectivity index (χ4n) is 9.06. The number of unbranched alkanes of at least 4 members (excludes halogenated alkanes) is 43. The number of hydrogen-bond acceptors (Lipinski definition) is 5. The van der Waals surface area contributed by atoms with Crippen molar-refractivity contribution in [3.63, 3.8) is 0 Å². The molecule has 0 aliphatic heterocycles. The maximum absolute atomic E-state index is 12.2. The van der Waals surface area contributed by atoms with Crippen molar-refractivity contribution < 1.29 is 24.2 Å². The Hall–Kier alpha value is -1.62. The molecule has 0 heterocycles. The largest absolute Gasteiger partial charge is 0.462 e. The Morgan fingerprint density at radius 3 is 0.938 bits per heavy atom. The molecule has 0 spiro atoms. The molecule has 0 aliphatic rings. The van der Waals surface area contributed by atoms with E-state index in [2.05, 4.69) is 38.2 Å². The molecule has 0 radical (unpaired) electrons. The lowest BCUT2D eigenvalue weighted by molar-refractivity contribution is -0.161. The smallest absolute Gasteiger partial charge is 0.306 e. The van der Waals surface area contributed by atoms with Crippen LogP contribution in [0.2, 0.25) is 0 Å². The van der Waals surface area contributed by atoms with Crippen LogP contribution in [-0.4, -0.2) is 36.4 Å². The van der Waals surface area contributed by atoms with Crippen molar-refractivity contribution in [3.05, 3.63) is 24.3 Å². The molecule has 0 aliphatic carbocycles. The van der Waals surface area contributed by atoms with Gasteiger partial charge in [0.1, 0.15) is 6.61 Å². The topological polar surface area (TPSA) is 72.8 Å². The molecule has 384 valence electrons. The predicted octanol–water partition coefficient (Wildman–Crippen LogP) is 19.7. The number of carbonyl (C=O) groups excluding carboxylic acids is 2. The normalized spacial score (nSPS) is 12.2. The molecule has 5 heteroatoms. The summed E-state index contributed by atoms with van der Waals surface area (Å²) in [4.78, 5) is 24.4. The highest BCUT2D eigenvalue weighted by molar-refractivity contribution is 5.70. The van der Waals surface area contributed by atoms with Gasteiger partial charge in [0.15, 0.2) is 6.10 Å². The zero-order valence-corrected chi connectivity index (χ0v) is 44.0. The zero-order chi connectivity index (χ0) is 47.0. The summed E-state index contributed by atoms with van der Waals surface area (Å²) in [7, 11) is 0. The van der Waals surface area contributed by atoms with E-state index in [-0.39, 0.29) is 25.2 Å². The Morgan fingerprint density at radius 1 is 0.354 bits per heavy atom. The van der Waals surface area contributed by atoms with Crippen molar-refractivity contribution >= 4 is 11.9 Å². The van der Waals surface area contributed by atoms with Gasteiger partial charge in [0.25, 0.3) is 0 Å². The monoisotopic (exact) mass is 915 g/mol. The average molecular weight is 916 g/mol. The van der Waals surface area contributed by atoms with Gasteiger partial charge in [-0.1, -0.05) is 295 Å². The molecule has 0 aromatic carbocycles. The fourth-order valence-corrected chi connectivity index (χ4v) is 9.06. The molecule has 1 N–H and O–H groups in total. The first-order valence-electron chi connectivity index (χ1n) is 29.4. The number of ether oxygens (including phenoxy) is 2. The minimum atomic E-state index is -0.776. The van der Waals surface area contributed by atoms with Crippen LogP contribution in [0.25, 0.3) is 0 Å². The number of hydrogen-bond donors (Lipinski definition) is 1. The Bertz CT molecular complexity index is 990. The molecule has 0 bridgehead atoms. The summed E-state index contributed by atoms with van der Waals surface area (Å²) >= 11 is 0. The highest BCUT2D eigenvalue weighted by atomic mass is 16.6. The highest BCUT2D eigenvalue weighted by Crippen LogP contribution is 2.18. The minimum absolute atomic E-state index is 0.0665. The number of allylic oxidation sites excluding steroid dienone is 4. The van der Waals surface area contributed by atoms with Crippen LogP contribution in [0.15, 0.2) is 24.3 Å². The van der Waals surface area contributed by atoms with Crippen LogP contribution in [0.3, 0.4) is 0 Å². The number of carbonyl (C=O) groups is 2. The zero-order valence-electron chi connectivity index (χ0n) is 44.0. The molecule has 0 aromatic heterocycles. The second-order valence-corrected chi connectivity index (χ2v) is 20.1.